The molecule has 0 saturated carbocycles. The van der Waals surface area contributed by atoms with Gasteiger partial charge in [-0.05, 0) is 37.2 Å². The summed E-state index contributed by atoms with van der Waals surface area (Å²) in [6.07, 6.45) is 3.63. The monoisotopic (exact) mass is 212 g/mol. The van der Waals surface area contributed by atoms with Crippen LogP contribution in [-0.2, 0) is 9.53 Å². The van der Waals surface area contributed by atoms with Crippen LogP contribution in [0.25, 0.3) is 0 Å². The third-order valence-corrected chi connectivity index (χ3v) is 2.87. The van der Waals surface area contributed by atoms with Crippen molar-refractivity contribution in [2.24, 2.45) is 5.41 Å². The maximum Gasteiger partial charge on any atom is 0.339 e. The van der Waals surface area contributed by atoms with Crippen molar-refractivity contribution in [1.82, 2.24) is 0 Å². The number of rotatable bonds is 3. The molecule has 1 aliphatic rings. The SMILES string of the molecule is CCOC(=O)C(O)C1=CCC(C)(C)CC1. The molecule has 3 heteroatoms. The van der Waals surface area contributed by atoms with Gasteiger partial charge in [-0.3, -0.25) is 0 Å². The first-order chi connectivity index (χ1) is 6.96. The molecule has 86 valence electrons. The molecule has 15 heavy (non-hydrogen) atoms. The Balaban J connectivity index is 2.58. The lowest BCUT2D eigenvalue weighted by atomic mass is 9.77. The zero-order valence-electron chi connectivity index (χ0n) is 9.75. The number of carbonyl (C=O) groups is 1. The van der Waals surface area contributed by atoms with Gasteiger partial charge in [-0.25, -0.2) is 4.79 Å². The molecule has 0 spiro atoms. The third-order valence-electron chi connectivity index (χ3n) is 2.87. The van der Waals surface area contributed by atoms with Gasteiger partial charge in [-0.1, -0.05) is 19.9 Å². The van der Waals surface area contributed by atoms with Crippen molar-refractivity contribution in [1.29, 1.82) is 0 Å². The largest absolute Gasteiger partial charge is 0.464 e. The Kier molecular flexibility index (Phi) is 3.91. The Hall–Kier alpha value is -0.830. The second-order valence-electron chi connectivity index (χ2n) is 4.80. The van der Waals surface area contributed by atoms with Gasteiger partial charge in [0.25, 0.3) is 0 Å². The molecule has 0 aromatic heterocycles. The molecule has 0 radical (unpaired) electrons. The Morgan fingerprint density at radius 2 is 2.33 bits per heavy atom. The van der Waals surface area contributed by atoms with Gasteiger partial charge >= 0.3 is 5.97 Å². The summed E-state index contributed by atoms with van der Waals surface area (Å²) in [5.41, 5.74) is 1.10. The number of hydrogen-bond donors (Lipinski definition) is 1. The number of ether oxygens (including phenoxy) is 1. The van der Waals surface area contributed by atoms with Crippen LogP contribution in [-0.4, -0.2) is 23.8 Å². The number of aliphatic hydroxyl groups is 1. The van der Waals surface area contributed by atoms with E-state index in [0.717, 1.165) is 24.8 Å². The summed E-state index contributed by atoms with van der Waals surface area (Å²) >= 11 is 0. The standard InChI is InChI=1S/C12H20O3/c1-4-15-11(14)10(13)9-5-7-12(2,3)8-6-9/h5,10,13H,4,6-8H2,1-3H3. The predicted molar refractivity (Wildman–Crippen MR) is 58.4 cm³/mol. The molecule has 0 bridgehead atoms. The van der Waals surface area contributed by atoms with Crippen LogP contribution in [0, 0.1) is 5.41 Å². The van der Waals surface area contributed by atoms with E-state index in [2.05, 4.69) is 13.8 Å². The van der Waals surface area contributed by atoms with E-state index in [1.807, 2.05) is 6.08 Å². The minimum absolute atomic E-state index is 0.290. The van der Waals surface area contributed by atoms with Crippen LogP contribution in [0.3, 0.4) is 0 Å². The number of hydrogen-bond acceptors (Lipinski definition) is 3. The lowest BCUT2D eigenvalue weighted by Gasteiger charge is -2.29. The number of esters is 1. The predicted octanol–water partition coefficient (Wildman–Crippen LogP) is 2.05. The molecule has 1 atom stereocenters. The van der Waals surface area contributed by atoms with Crippen molar-refractivity contribution >= 4 is 5.97 Å². The first-order valence-electron chi connectivity index (χ1n) is 5.50. The van der Waals surface area contributed by atoms with Gasteiger partial charge in [0.2, 0.25) is 0 Å². The molecule has 0 fully saturated rings. The Labute approximate surface area is 91.1 Å². The molecular formula is C12H20O3. The molecule has 1 aliphatic carbocycles. The van der Waals surface area contributed by atoms with E-state index in [-0.39, 0.29) is 5.41 Å². The van der Waals surface area contributed by atoms with Crippen molar-refractivity contribution in [3.63, 3.8) is 0 Å². The van der Waals surface area contributed by atoms with E-state index in [1.54, 1.807) is 6.92 Å². The molecular weight excluding hydrogens is 192 g/mol. The summed E-state index contributed by atoms with van der Waals surface area (Å²) in [7, 11) is 0. The molecule has 0 aromatic carbocycles. The highest BCUT2D eigenvalue weighted by molar-refractivity contribution is 5.78. The average Bonchev–Trinajstić information content (AvgIpc) is 2.17. The van der Waals surface area contributed by atoms with Crippen LogP contribution < -0.4 is 0 Å². The van der Waals surface area contributed by atoms with E-state index in [4.69, 9.17) is 4.74 Å². The summed E-state index contributed by atoms with van der Waals surface area (Å²) in [5, 5.41) is 9.70. The van der Waals surface area contributed by atoms with Crippen LogP contribution in [0.1, 0.15) is 40.0 Å². The van der Waals surface area contributed by atoms with Crippen molar-refractivity contribution in [2.75, 3.05) is 6.61 Å². The van der Waals surface area contributed by atoms with Crippen LogP contribution in [0.2, 0.25) is 0 Å². The lowest BCUT2D eigenvalue weighted by Crippen LogP contribution is -2.28. The van der Waals surface area contributed by atoms with Gasteiger partial charge in [-0.2, -0.15) is 0 Å². The molecule has 1 unspecified atom stereocenters. The zero-order valence-corrected chi connectivity index (χ0v) is 9.75. The smallest absolute Gasteiger partial charge is 0.339 e. The summed E-state index contributed by atoms with van der Waals surface area (Å²) in [6.45, 7) is 6.44. The van der Waals surface area contributed by atoms with Crippen LogP contribution in [0.5, 0.6) is 0 Å². The maximum atomic E-state index is 11.3. The van der Waals surface area contributed by atoms with Gasteiger partial charge in [-0.15, -0.1) is 0 Å². The first kappa shape index (κ1) is 12.2. The number of allylic oxidation sites excluding steroid dienone is 1. The van der Waals surface area contributed by atoms with E-state index in [9.17, 15) is 9.90 Å². The van der Waals surface area contributed by atoms with E-state index >= 15 is 0 Å². The van der Waals surface area contributed by atoms with E-state index in [0.29, 0.717) is 6.61 Å². The fourth-order valence-electron chi connectivity index (χ4n) is 1.72. The number of aliphatic hydroxyl groups excluding tert-OH is 1. The van der Waals surface area contributed by atoms with Gasteiger partial charge in [0.05, 0.1) is 6.61 Å². The fourth-order valence-corrected chi connectivity index (χ4v) is 1.72. The van der Waals surface area contributed by atoms with E-state index in [1.165, 1.54) is 0 Å². The number of carbonyl (C=O) groups excluding carboxylic acids is 1. The highest BCUT2D eigenvalue weighted by Gasteiger charge is 2.27. The molecule has 0 amide bonds. The fraction of sp³-hybridized carbons (Fsp3) is 0.750. The molecule has 0 aromatic rings. The summed E-state index contributed by atoms with van der Waals surface area (Å²) in [6, 6.07) is 0. The molecule has 3 nitrogen and oxygen atoms in total. The highest BCUT2D eigenvalue weighted by Crippen LogP contribution is 2.35. The Morgan fingerprint density at radius 3 is 2.80 bits per heavy atom. The van der Waals surface area contributed by atoms with Gasteiger partial charge in [0.1, 0.15) is 0 Å². The summed E-state index contributed by atoms with van der Waals surface area (Å²) in [5.74, 6) is -0.525. The zero-order chi connectivity index (χ0) is 11.5. The molecule has 0 saturated heterocycles. The normalized spacial score (nSPS) is 21.7. The topological polar surface area (TPSA) is 46.5 Å². The van der Waals surface area contributed by atoms with Crippen molar-refractivity contribution in [2.45, 2.75) is 46.1 Å². The van der Waals surface area contributed by atoms with Crippen LogP contribution in [0.4, 0.5) is 0 Å². The molecule has 1 rings (SSSR count). The second-order valence-corrected chi connectivity index (χ2v) is 4.80. The van der Waals surface area contributed by atoms with Gasteiger partial charge in [0.15, 0.2) is 6.10 Å². The Morgan fingerprint density at radius 1 is 1.67 bits per heavy atom. The Bertz CT molecular complexity index is 266. The highest BCUT2D eigenvalue weighted by atomic mass is 16.5. The van der Waals surface area contributed by atoms with Crippen molar-refractivity contribution in [3.05, 3.63) is 11.6 Å². The lowest BCUT2D eigenvalue weighted by molar-refractivity contribution is -0.151. The molecule has 1 N–H and O–H groups in total. The van der Waals surface area contributed by atoms with Gasteiger partial charge in [0, 0.05) is 0 Å². The van der Waals surface area contributed by atoms with Crippen LogP contribution in [0.15, 0.2) is 11.6 Å². The summed E-state index contributed by atoms with van der Waals surface area (Å²) < 4.78 is 4.78. The average molecular weight is 212 g/mol. The summed E-state index contributed by atoms with van der Waals surface area (Å²) in [4.78, 5) is 11.3. The van der Waals surface area contributed by atoms with Gasteiger partial charge < -0.3 is 9.84 Å². The molecule has 0 aliphatic heterocycles. The maximum absolute atomic E-state index is 11.3. The van der Waals surface area contributed by atoms with Crippen molar-refractivity contribution in [3.8, 4) is 0 Å². The second kappa shape index (κ2) is 4.79. The third kappa shape index (κ3) is 3.34. The minimum Gasteiger partial charge on any atom is -0.464 e. The van der Waals surface area contributed by atoms with Crippen molar-refractivity contribution < 1.29 is 14.6 Å². The van der Waals surface area contributed by atoms with E-state index < -0.39 is 12.1 Å². The molecule has 0 heterocycles. The quantitative estimate of drug-likeness (QED) is 0.575. The minimum atomic E-state index is -1.05. The van der Waals surface area contributed by atoms with Crippen LogP contribution >= 0.6 is 0 Å². The first-order valence-corrected chi connectivity index (χ1v) is 5.50.